The SMILES string of the molecule is CCO/N=C/c1c(N)ncnc1N1CCN(C(=O)Nc2ccc(OC(C)C)cc2)CC1. The van der Waals surface area contributed by atoms with E-state index in [1.54, 1.807) is 4.90 Å². The van der Waals surface area contributed by atoms with Crippen LogP contribution in [0.4, 0.5) is 22.1 Å². The molecule has 2 heterocycles. The predicted octanol–water partition coefficient (Wildman–Crippen LogP) is 2.57. The van der Waals surface area contributed by atoms with Crippen LogP contribution in [0.1, 0.15) is 26.3 Å². The van der Waals surface area contributed by atoms with Gasteiger partial charge in [-0.15, -0.1) is 0 Å². The fraction of sp³-hybridized carbons (Fsp3) is 0.429. The van der Waals surface area contributed by atoms with Crippen LogP contribution in [0.25, 0.3) is 0 Å². The van der Waals surface area contributed by atoms with Gasteiger partial charge in [-0.3, -0.25) is 0 Å². The zero-order valence-electron chi connectivity index (χ0n) is 18.1. The maximum Gasteiger partial charge on any atom is 0.321 e. The van der Waals surface area contributed by atoms with Crippen molar-refractivity contribution < 1.29 is 14.4 Å². The number of rotatable bonds is 7. The highest BCUT2D eigenvalue weighted by molar-refractivity contribution is 5.92. The summed E-state index contributed by atoms with van der Waals surface area (Å²) in [5.74, 6) is 1.78. The molecule has 3 rings (SSSR count). The standard InChI is InChI=1S/C21H29N7O3/c1-4-30-25-13-18-19(22)23-14-24-20(18)27-9-11-28(12-10-27)21(29)26-16-5-7-17(8-6-16)31-15(2)3/h5-8,13-15H,4,9-12H2,1-3H3,(H,26,29)(H2,22,23,24)/b25-13+. The number of hydrogen-bond acceptors (Lipinski definition) is 8. The average Bonchev–Trinajstić information content (AvgIpc) is 2.76. The Balaban J connectivity index is 1.58. The third kappa shape index (κ3) is 5.97. The lowest BCUT2D eigenvalue weighted by Gasteiger charge is -2.35. The van der Waals surface area contributed by atoms with Crippen molar-refractivity contribution in [3.8, 4) is 5.75 Å². The van der Waals surface area contributed by atoms with Crippen LogP contribution >= 0.6 is 0 Å². The quantitative estimate of drug-likeness (QED) is 0.515. The molecule has 0 saturated carbocycles. The van der Waals surface area contributed by atoms with Crippen LogP contribution in [0.2, 0.25) is 0 Å². The molecule has 1 aromatic carbocycles. The Hall–Kier alpha value is -3.56. The van der Waals surface area contributed by atoms with Gasteiger partial charge in [0.25, 0.3) is 0 Å². The van der Waals surface area contributed by atoms with Crippen molar-refractivity contribution in [3.63, 3.8) is 0 Å². The summed E-state index contributed by atoms with van der Waals surface area (Å²) in [5.41, 5.74) is 7.33. The van der Waals surface area contributed by atoms with Crippen molar-refractivity contribution in [1.29, 1.82) is 0 Å². The molecule has 0 atom stereocenters. The van der Waals surface area contributed by atoms with Crippen LogP contribution in [0, 0.1) is 0 Å². The molecular weight excluding hydrogens is 398 g/mol. The van der Waals surface area contributed by atoms with Gasteiger partial charge in [-0.25, -0.2) is 14.8 Å². The molecule has 3 N–H and O–H groups in total. The average molecular weight is 428 g/mol. The van der Waals surface area contributed by atoms with Crippen molar-refractivity contribution in [1.82, 2.24) is 14.9 Å². The van der Waals surface area contributed by atoms with Gasteiger partial charge < -0.3 is 30.4 Å². The monoisotopic (exact) mass is 427 g/mol. The van der Waals surface area contributed by atoms with E-state index in [9.17, 15) is 4.79 Å². The normalized spacial score (nSPS) is 14.2. The van der Waals surface area contributed by atoms with Crippen LogP contribution in [0.5, 0.6) is 5.75 Å². The summed E-state index contributed by atoms with van der Waals surface area (Å²) in [6, 6.07) is 7.22. The molecule has 0 unspecified atom stereocenters. The van der Waals surface area contributed by atoms with Gasteiger partial charge in [0.05, 0.1) is 17.9 Å². The van der Waals surface area contributed by atoms with Crippen LogP contribution < -0.4 is 20.7 Å². The Labute approximate surface area is 182 Å². The van der Waals surface area contributed by atoms with Crippen LogP contribution in [0.3, 0.4) is 0 Å². The minimum absolute atomic E-state index is 0.105. The minimum atomic E-state index is -0.141. The van der Waals surface area contributed by atoms with Crippen molar-refractivity contribution in [2.24, 2.45) is 5.16 Å². The zero-order valence-corrected chi connectivity index (χ0v) is 18.1. The number of benzene rings is 1. The molecule has 1 aliphatic rings. The number of nitrogens with two attached hydrogens (primary N) is 1. The van der Waals surface area contributed by atoms with E-state index in [0.717, 1.165) is 11.4 Å². The molecule has 1 saturated heterocycles. The molecule has 0 aliphatic carbocycles. The molecule has 0 radical (unpaired) electrons. The first-order valence-electron chi connectivity index (χ1n) is 10.3. The molecular formula is C21H29N7O3. The number of urea groups is 1. The van der Waals surface area contributed by atoms with E-state index in [-0.39, 0.29) is 12.1 Å². The van der Waals surface area contributed by atoms with Crippen LogP contribution in [0.15, 0.2) is 35.7 Å². The Morgan fingerprint density at radius 3 is 2.58 bits per heavy atom. The molecule has 31 heavy (non-hydrogen) atoms. The third-order valence-electron chi connectivity index (χ3n) is 4.62. The third-order valence-corrected chi connectivity index (χ3v) is 4.62. The van der Waals surface area contributed by atoms with Gasteiger partial charge in [0.2, 0.25) is 0 Å². The first-order chi connectivity index (χ1) is 15.0. The Kier molecular flexibility index (Phi) is 7.47. The van der Waals surface area contributed by atoms with Gasteiger partial charge >= 0.3 is 6.03 Å². The van der Waals surface area contributed by atoms with Crippen molar-refractivity contribution in [2.45, 2.75) is 26.9 Å². The largest absolute Gasteiger partial charge is 0.491 e. The van der Waals surface area contributed by atoms with Crippen LogP contribution in [-0.2, 0) is 4.84 Å². The second kappa shape index (κ2) is 10.5. The highest BCUT2D eigenvalue weighted by Crippen LogP contribution is 2.22. The lowest BCUT2D eigenvalue weighted by Crippen LogP contribution is -2.50. The lowest BCUT2D eigenvalue weighted by molar-refractivity contribution is 0.160. The molecule has 2 amide bonds. The van der Waals surface area contributed by atoms with Gasteiger partial charge in [0, 0.05) is 31.9 Å². The Morgan fingerprint density at radius 2 is 1.94 bits per heavy atom. The van der Waals surface area contributed by atoms with Gasteiger partial charge in [0.15, 0.2) is 0 Å². The number of anilines is 3. The summed E-state index contributed by atoms with van der Waals surface area (Å²) in [7, 11) is 0. The number of nitrogen functional groups attached to an aromatic ring is 1. The number of aromatic nitrogens is 2. The highest BCUT2D eigenvalue weighted by atomic mass is 16.6. The van der Waals surface area contributed by atoms with Crippen molar-refractivity contribution in [3.05, 3.63) is 36.2 Å². The predicted molar refractivity (Wildman–Crippen MR) is 121 cm³/mol. The molecule has 10 heteroatoms. The molecule has 1 aliphatic heterocycles. The molecule has 0 bridgehead atoms. The summed E-state index contributed by atoms with van der Waals surface area (Å²) in [6.45, 7) is 8.57. The number of amides is 2. The Bertz CT molecular complexity index is 894. The Morgan fingerprint density at radius 1 is 1.23 bits per heavy atom. The van der Waals surface area contributed by atoms with E-state index in [1.165, 1.54) is 12.5 Å². The number of carbonyl (C=O) groups excluding carboxylic acids is 1. The topological polar surface area (TPSA) is 118 Å². The number of nitrogens with one attached hydrogen (secondary N) is 1. The molecule has 166 valence electrons. The van der Waals surface area contributed by atoms with Gasteiger partial charge in [-0.2, -0.15) is 0 Å². The smallest absolute Gasteiger partial charge is 0.321 e. The van der Waals surface area contributed by atoms with Gasteiger partial charge in [-0.05, 0) is 45.0 Å². The molecule has 1 fully saturated rings. The molecule has 10 nitrogen and oxygen atoms in total. The van der Waals surface area contributed by atoms with E-state index < -0.39 is 0 Å². The maximum atomic E-state index is 12.7. The second-order valence-electron chi connectivity index (χ2n) is 7.24. The first kappa shape index (κ1) is 22.1. The van der Waals surface area contributed by atoms with Gasteiger partial charge in [-0.1, -0.05) is 5.16 Å². The fourth-order valence-electron chi connectivity index (χ4n) is 3.15. The molecule has 2 aromatic rings. The minimum Gasteiger partial charge on any atom is -0.491 e. The molecule has 0 spiro atoms. The molecule has 1 aromatic heterocycles. The summed E-state index contributed by atoms with van der Waals surface area (Å²) < 4.78 is 5.63. The van der Waals surface area contributed by atoms with E-state index in [0.29, 0.717) is 50.0 Å². The first-order valence-corrected chi connectivity index (χ1v) is 10.3. The van der Waals surface area contributed by atoms with E-state index in [4.69, 9.17) is 15.3 Å². The van der Waals surface area contributed by atoms with E-state index >= 15 is 0 Å². The fourth-order valence-corrected chi connectivity index (χ4v) is 3.15. The number of piperazine rings is 1. The maximum absolute atomic E-state index is 12.7. The van der Waals surface area contributed by atoms with E-state index in [2.05, 4.69) is 25.3 Å². The van der Waals surface area contributed by atoms with E-state index in [1.807, 2.05) is 45.0 Å². The zero-order chi connectivity index (χ0) is 22.2. The number of nitrogens with zero attached hydrogens (tertiary/aromatic N) is 5. The van der Waals surface area contributed by atoms with Crippen molar-refractivity contribution >= 4 is 29.6 Å². The van der Waals surface area contributed by atoms with Gasteiger partial charge in [0.1, 0.15) is 30.3 Å². The summed E-state index contributed by atoms with van der Waals surface area (Å²) >= 11 is 0. The highest BCUT2D eigenvalue weighted by Gasteiger charge is 2.24. The summed E-state index contributed by atoms with van der Waals surface area (Å²) in [5, 5.41) is 6.82. The summed E-state index contributed by atoms with van der Waals surface area (Å²) in [4.78, 5) is 29.9. The number of ether oxygens (including phenoxy) is 1. The van der Waals surface area contributed by atoms with Crippen molar-refractivity contribution in [2.75, 3.05) is 48.7 Å². The second-order valence-corrected chi connectivity index (χ2v) is 7.24. The van der Waals surface area contributed by atoms with Crippen LogP contribution in [-0.4, -0.2) is 66.0 Å². The number of hydrogen-bond donors (Lipinski definition) is 2. The lowest BCUT2D eigenvalue weighted by atomic mass is 10.2. The summed E-state index contributed by atoms with van der Waals surface area (Å²) in [6.07, 6.45) is 3.06. The number of oxime groups is 1. The number of carbonyl (C=O) groups is 1.